The van der Waals surface area contributed by atoms with Crippen LogP contribution in [0.25, 0.3) is 0 Å². The lowest BCUT2D eigenvalue weighted by Crippen LogP contribution is -1.99. The van der Waals surface area contributed by atoms with Crippen molar-refractivity contribution in [1.29, 1.82) is 0 Å². The van der Waals surface area contributed by atoms with Crippen molar-refractivity contribution >= 4 is 16.5 Å². The molecule has 1 aromatic heterocycles. The average molecular weight is 293 g/mol. The van der Waals surface area contributed by atoms with Gasteiger partial charge in [0, 0.05) is 6.54 Å². The van der Waals surface area contributed by atoms with Crippen LogP contribution < -0.4 is 14.8 Å². The molecule has 1 heterocycles. The van der Waals surface area contributed by atoms with Crippen LogP contribution >= 0.6 is 11.3 Å². The maximum Gasteiger partial charge on any atom is 0.205 e. The number of ether oxygens (including phenoxy) is 2. The van der Waals surface area contributed by atoms with Gasteiger partial charge in [0.2, 0.25) is 5.13 Å². The van der Waals surface area contributed by atoms with Gasteiger partial charge in [0.1, 0.15) is 6.61 Å². The van der Waals surface area contributed by atoms with Gasteiger partial charge in [0.25, 0.3) is 0 Å². The topological polar surface area (TPSA) is 56.3 Å². The molecule has 6 heteroatoms. The molecule has 0 saturated carbocycles. The molecule has 1 N–H and O–H groups in total. The summed E-state index contributed by atoms with van der Waals surface area (Å²) in [5.41, 5.74) is 0. The molecule has 0 aliphatic heterocycles. The van der Waals surface area contributed by atoms with Crippen LogP contribution in [-0.4, -0.2) is 23.3 Å². The fraction of sp³-hybridized carbons (Fsp3) is 0.429. The van der Waals surface area contributed by atoms with Crippen LogP contribution in [0.3, 0.4) is 0 Å². The highest BCUT2D eigenvalue weighted by molar-refractivity contribution is 7.15. The molecule has 0 bridgehead atoms. The van der Waals surface area contributed by atoms with E-state index in [-0.39, 0.29) is 0 Å². The third-order valence-electron chi connectivity index (χ3n) is 2.49. The van der Waals surface area contributed by atoms with E-state index in [1.54, 1.807) is 0 Å². The van der Waals surface area contributed by atoms with Gasteiger partial charge in [0.05, 0.1) is 6.61 Å². The Morgan fingerprint density at radius 2 is 1.85 bits per heavy atom. The molecule has 0 radical (unpaired) electrons. The largest absolute Gasteiger partial charge is 0.490 e. The Balaban J connectivity index is 1.93. The molecule has 0 atom stereocenters. The van der Waals surface area contributed by atoms with E-state index < -0.39 is 0 Å². The Kier molecular flexibility index (Phi) is 5.61. The lowest BCUT2D eigenvalue weighted by Gasteiger charge is -2.10. The van der Waals surface area contributed by atoms with Crippen LogP contribution in [0.1, 0.15) is 25.3 Å². The first-order valence-electron chi connectivity index (χ1n) is 6.74. The summed E-state index contributed by atoms with van der Waals surface area (Å²) in [6.45, 7) is 5.98. The highest BCUT2D eigenvalue weighted by Crippen LogP contribution is 2.27. The summed E-state index contributed by atoms with van der Waals surface area (Å²) in [5, 5.41) is 13.1. The molecule has 0 amide bonds. The molecular formula is C14H19N3O2S. The van der Waals surface area contributed by atoms with Gasteiger partial charge in [-0.2, -0.15) is 0 Å². The van der Waals surface area contributed by atoms with E-state index in [1.165, 1.54) is 11.3 Å². The van der Waals surface area contributed by atoms with E-state index in [1.807, 2.05) is 31.2 Å². The quantitative estimate of drug-likeness (QED) is 0.809. The molecule has 2 aromatic rings. The van der Waals surface area contributed by atoms with E-state index in [4.69, 9.17) is 9.47 Å². The molecule has 108 valence electrons. The summed E-state index contributed by atoms with van der Waals surface area (Å²) in [6, 6.07) is 7.64. The molecular weight excluding hydrogens is 274 g/mol. The Morgan fingerprint density at radius 1 is 1.10 bits per heavy atom. The summed E-state index contributed by atoms with van der Waals surface area (Å²) in [6.07, 6.45) is 1.06. The number of aromatic nitrogens is 2. The first-order chi connectivity index (χ1) is 9.83. The summed E-state index contributed by atoms with van der Waals surface area (Å²) in [5.74, 6) is 1.48. The molecule has 0 spiro atoms. The first kappa shape index (κ1) is 14.6. The normalized spacial score (nSPS) is 10.3. The lowest BCUT2D eigenvalue weighted by molar-refractivity contribution is 0.268. The van der Waals surface area contributed by atoms with Crippen molar-refractivity contribution in [2.24, 2.45) is 0 Å². The molecule has 0 saturated heterocycles. The van der Waals surface area contributed by atoms with Crippen molar-refractivity contribution in [3.05, 3.63) is 29.3 Å². The van der Waals surface area contributed by atoms with Crippen molar-refractivity contribution in [3.63, 3.8) is 0 Å². The van der Waals surface area contributed by atoms with E-state index >= 15 is 0 Å². The van der Waals surface area contributed by atoms with Crippen LogP contribution in [0.4, 0.5) is 5.13 Å². The molecule has 1 aromatic carbocycles. The third-order valence-corrected chi connectivity index (χ3v) is 3.35. The zero-order valence-corrected chi connectivity index (χ0v) is 12.6. The lowest BCUT2D eigenvalue weighted by atomic mass is 10.3. The zero-order chi connectivity index (χ0) is 14.2. The molecule has 2 rings (SSSR count). The van der Waals surface area contributed by atoms with Gasteiger partial charge in [0.15, 0.2) is 16.5 Å². The van der Waals surface area contributed by atoms with Gasteiger partial charge in [-0.25, -0.2) is 0 Å². The Hall–Kier alpha value is -1.82. The van der Waals surface area contributed by atoms with Crippen LogP contribution in [0.5, 0.6) is 11.5 Å². The van der Waals surface area contributed by atoms with Crippen molar-refractivity contribution < 1.29 is 9.47 Å². The average Bonchev–Trinajstić information content (AvgIpc) is 2.92. The van der Waals surface area contributed by atoms with Gasteiger partial charge < -0.3 is 14.8 Å². The predicted octanol–water partition coefficient (Wildman–Crippen LogP) is 3.34. The fourth-order valence-corrected chi connectivity index (χ4v) is 2.28. The molecule has 0 aliphatic carbocycles. The summed E-state index contributed by atoms with van der Waals surface area (Å²) < 4.78 is 11.3. The second-order valence-corrected chi connectivity index (χ2v) is 5.16. The number of anilines is 1. The highest BCUT2D eigenvalue weighted by atomic mass is 32.1. The van der Waals surface area contributed by atoms with Crippen LogP contribution in [0, 0.1) is 0 Å². The summed E-state index contributed by atoms with van der Waals surface area (Å²) in [4.78, 5) is 0. The van der Waals surface area contributed by atoms with Crippen molar-refractivity contribution in [2.75, 3.05) is 18.5 Å². The third kappa shape index (κ3) is 4.09. The molecule has 20 heavy (non-hydrogen) atoms. The van der Waals surface area contributed by atoms with Crippen molar-refractivity contribution in [2.45, 2.75) is 26.9 Å². The standard InChI is InChI=1S/C14H19N3O2S/c1-3-9-15-14-17-16-13(20-14)10-19-12-8-6-5-7-11(12)18-4-2/h5-8H,3-4,9-10H2,1-2H3,(H,15,17). The van der Waals surface area contributed by atoms with Crippen molar-refractivity contribution in [3.8, 4) is 11.5 Å². The Morgan fingerprint density at radius 3 is 2.55 bits per heavy atom. The van der Waals surface area contributed by atoms with E-state index in [0.29, 0.717) is 13.2 Å². The number of rotatable bonds is 8. The van der Waals surface area contributed by atoms with Crippen LogP contribution in [-0.2, 0) is 6.61 Å². The number of hydrogen-bond acceptors (Lipinski definition) is 6. The number of nitrogens with zero attached hydrogens (tertiary/aromatic N) is 2. The van der Waals surface area contributed by atoms with Gasteiger partial charge in [-0.05, 0) is 25.5 Å². The van der Waals surface area contributed by atoms with Crippen LogP contribution in [0.2, 0.25) is 0 Å². The Bertz CT molecular complexity index is 531. The maximum atomic E-state index is 5.75. The second-order valence-electron chi connectivity index (χ2n) is 4.10. The number of nitrogens with one attached hydrogen (secondary N) is 1. The van der Waals surface area contributed by atoms with Gasteiger partial charge in [-0.3, -0.25) is 0 Å². The smallest absolute Gasteiger partial charge is 0.205 e. The highest BCUT2D eigenvalue weighted by Gasteiger charge is 2.07. The SMILES string of the molecule is CCCNc1nnc(COc2ccccc2OCC)s1. The van der Waals surface area contributed by atoms with Gasteiger partial charge >= 0.3 is 0 Å². The maximum absolute atomic E-state index is 5.75. The van der Waals surface area contributed by atoms with Crippen LogP contribution in [0.15, 0.2) is 24.3 Å². The number of benzene rings is 1. The monoisotopic (exact) mass is 293 g/mol. The zero-order valence-electron chi connectivity index (χ0n) is 11.8. The summed E-state index contributed by atoms with van der Waals surface area (Å²) >= 11 is 1.51. The van der Waals surface area contributed by atoms with E-state index in [2.05, 4.69) is 22.4 Å². The first-order valence-corrected chi connectivity index (χ1v) is 7.56. The molecule has 5 nitrogen and oxygen atoms in total. The second kappa shape index (κ2) is 7.69. The summed E-state index contributed by atoms with van der Waals surface area (Å²) in [7, 11) is 0. The number of hydrogen-bond donors (Lipinski definition) is 1. The fourth-order valence-electron chi connectivity index (χ4n) is 1.60. The minimum Gasteiger partial charge on any atom is -0.490 e. The minimum absolute atomic E-state index is 0.398. The van der Waals surface area contributed by atoms with Gasteiger partial charge in [-0.15, -0.1) is 10.2 Å². The minimum atomic E-state index is 0.398. The van der Waals surface area contributed by atoms with Gasteiger partial charge in [-0.1, -0.05) is 30.4 Å². The molecule has 0 aliphatic rings. The van der Waals surface area contributed by atoms with E-state index in [9.17, 15) is 0 Å². The van der Waals surface area contributed by atoms with E-state index in [0.717, 1.165) is 34.6 Å². The Labute approximate surface area is 123 Å². The molecule has 0 fully saturated rings. The van der Waals surface area contributed by atoms with Crippen molar-refractivity contribution in [1.82, 2.24) is 10.2 Å². The predicted molar refractivity (Wildman–Crippen MR) is 80.6 cm³/mol. The number of para-hydroxylation sites is 2. The molecule has 0 unspecified atom stereocenters.